The fourth-order valence-corrected chi connectivity index (χ4v) is 2.49. The van der Waals surface area contributed by atoms with Gasteiger partial charge in [-0.15, -0.1) is 0 Å². The van der Waals surface area contributed by atoms with Crippen LogP contribution in [0.25, 0.3) is 0 Å². The van der Waals surface area contributed by atoms with Crippen molar-refractivity contribution in [2.45, 2.75) is 24.8 Å². The Bertz CT molecular complexity index is 781. The van der Waals surface area contributed by atoms with Crippen LogP contribution in [0.5, 0.6) is 0 Å². The van der Waals surface area contributed by atoms with E-state index in [-0.39, 0.29) is 22.6 Å². The summed E-state index contributed by atoms with van der Waals surface area (Å²) in [5, 5.41) is 8.75. The number of rotatable bonds is 4. The van der Waals surface area contributed by atoms with Crippen LogP contribution in [0.2, 0.25) is 0 Å². The van der Waals surface area contributed by atoms with Crippen molar-refractivity contribution in [3.8, 4) is 0 Å². The van der Waals surface area contributed by atoms with Gasteiger partial charge in [-0.05, 0) is 31.5 Å². The molecule has 1 atom stereocenters. The Morgan fingerprint density at radius 3 is 2.36 bits per heavy atom. The van der Waals surface area contributed by atoms with Gasteiger partial charge in [0.1, 0.15) is 0 Å². The molecule has 2 aromatic rings. The number of benzene rings is 1. The highest BCUT2D eigenvalue weighted by Gasteiger charge is 2.22. The van der Waals surface area contributed by atoms with Crippen LogP contribution in [0.1, 0.15) is 34.8 Å². The number of nitrogens with zero attached hydrogens (tertiary/aromatic N) is 2. The molecule has 0 unspecified atom stereocenters. The molecule has 0 aliphatic carbocycles. The lowest BCUT2D eigenvalue weighted by molar-refractivity contribution is 0.0700. The van der Waals surface area contributed by atoms with Gasteiger partial charge < -0.3 is 9.42 Å². The minimum absolute atomic E-state index is 0.0308. The summed E-state index contributed by atoms with van der Waals surface area (Å²) >= 11 is 0. The summed E-state index contributed by atoms with van der Waals surface area (Å²) in [6, 6.07) is 7.37. The minimum Gasteiger partial charge on any atom is -0.351 e. The molecular formula is C14H17N3O4S. The van der Waals surface area contributed by atoms with Gasteiger partial charge in [-0.2, -0.15) is 0 Å². The number of carbonyl (C=O) groups excluding carboxylic acids is 1. The first-order valence-electron chi connectivity index (χ1n) is 6.53. The van der Waals surface area contributed by atoms with E-state index < -0.39 is 10.0 Å². The number of hydrogen-bond acceptors (Lipinski definition) is 5. The SMILES string of the molecule is Cc1cc(C(=O)N(C)[C@H](C)c2ccc(S(N)(=O)=O)cc2)on1. The van der Waals surface area contributed by atoms with Crippen LogP contribution in [0, 0.1) is 6.92 Å². The molecule has 8 heteroatoms. The second kappa shape index (κ2) is 5.90. The maximum Gasteiger partial charge on any atom is 0.292 e. The molecule has 0 spiro atoms. The molecule has 1 heterocycles. The van der Waals surface area contributed by atoms with E-state index in [0.717, 1.165) is 5.56 Å². The van der Waals surface area contributed by atoms with Crippen molar-refractivity contribution < 1.29 is 17.7 Å². The summed E-state index contributed by atoms with van der Waals surface area (Å²) in [5.41, 5.74) is 1.40. The molecule has 0 saturated heterocycles. The lowest BCUT2D eigenvalue weighted by atomic mass is 10.1. The van der Waals surface area contributed by atoms with Gasteiger partial charge in [-0.25, -0.2) is 13.6 Å². The largest absolute Gasteiger partial charge is 0.351 e. The molecule has 0 aliphatic heterocycles. The van der Waals surface area contributed by atoms with Gasteiger partial charge in [0.25, 0.3) is 5.91 Å². The van der Waals surface area contributed by atoms with Crippen molar-refractivity contribution in [3.05, 3.63) is 47.3 Å². The van der Waals surface area contributed by atoms with Crippen molar-refractivity contribution >= 4 is 15.9 Å². The number of amides is 1. The first-order chi connectivity index (χ1) is 10.2. The molecule has 1 aromatic heterocycles. The monoisotopic (exact) mass is 323 g/mol. The second-order valence-corrected chi connectivity index (χ2v) is 6.60. The Labute approximate surface area is 128 Å². The molecular weight excluding hydrogens is 306 g/mol. The lowest BCUT2D eigenvalue weighted by Gasteiger charge is -2.24. The van der Waals surface area contributed by atoms with E-state index in [1.165, 1.54) is 17.0 Å². The zero-order valence-electron chi connectivity index (χ0n) is 12.5. The first-order valence-corrected chi connectivity index (χ1v) is 8.08. The summed E-state index contributed by atoms with van der Waals surface area (Å²) in [5.74, 6) is -0.142. The number of aryl methyl sites for hydroxylation is 1. The van der Waals surface area contributed by atoms with Crippen LogP contribution in [-0.4, -0.2) is 31.4 Å². The second-order valence-electron chi connectivity index (χ2n) is 5.04. The molecule has 0 radical (unpaired) electrons. The van der Waals surface area contributed by atoms with E-state index in [4.69, 9.17) is 9.66 Å². The third-order valence-corrected chi connectivity index (χ3v) is 4.36. The third kappa shape index (κ3) is 3.34. The summed E-state index contributed by atoms with van der Waals surface area (Å²) in [6.45, 7) is 3.56. The molecule has 118 valence electrons. The maximum atomic E-state index is 12.3. The van der Waals surface area contributed by atoms with Crippen LogP contribution < -0.4 is 5.14 Å². The van der Waals surface area contributed by atoms with Gasteiger partial charge in [0.2, 0.25) is 15.8 Å². The van der Waals surface area contributed by atoms with Crippen molar-refractivity contribution in [2.24, 2.45) is 5.14 Å². The van der Waals surface area contributed by atoms with E-state index in [2.05, 4.69) is 5.16 Å². The Kier molecular flexibility index (Phi) is 4.34. The smallest absolute Gasteiger partial charge is 0.292 e. The third-order valence-electron chi connectivity index (χ3n) is 3.43. The molecule has 1 aromatic carbocycles. The highest BCUT2D eigenvalue weighted by molar-refractivity contribution is 7.89. The summed E-state index contributed by atoms with van der Waals surface area (Å²) in [6.07, 6.45) is 0. The van der Waals surface area contributed by atoms with Crippen molar-refractivity contribution in [3.63, 3.8) is 0 Å². The lowest BCUT2D eigenvalue weighted by Crippen LogP contribution is -2.29. The van der Waals surface area contributed by atoms with Crippen LogP contribution >= 0.6 is 0 Å². The molecule has 1 amide bonds. The predicted octanol–water partition coefficient (Wildman–Crippen LogP) is 1.46. The zero-order valence-corrected chi connectivity index (χ0v) is 13.3. The fourth-order valence-electron chi connectivity index (χ4n) is 1.97. The Morgan fingerprint density at radius 1 is 1.32 bits per heavy atom. The van der Waals surface area contributed by atoms with Crippen molar-refractivity contribution in [1.29, 1.82) is 0 Å². The highest BCUT2D eigenvalue weighted by Crippen LogP contribution is 2.22. The summed E-state index contributed by atoms with van der Waals surface area (Å²) in [7, 11) is -2.09. The standard InChI is InChI=1S/C14H17N3O4S/c1-9-8-13(21-16-9)14(18)17(3)10(2)11-4-6-12(7-5-11)22(15,19)20/h4-8,10H,1-3H3,(H2,15,19,20)/t10-/m1/s1. The van der Waals surface area contributed by atoms with Crippen molar-refractivity contribution in [2.75, 3.05) is 7.05 Å². The van der Waals surface area contributed by atoms with Crippen LogP contribution in [-0.2, 0) is 10.0 Å². The Morgan fingerprint density at radius 2 is 1.91 bits per heavy atom. The average Bonchev–Trinajstić information content (AvgIpc) is 2.90. The number of carbonyl (C=O) groups is 1. The van der Waals surface area contributed by atoms with Crippen LogP contribution in [0.15, 0.2) is 39.8 Å². The molecule has 0 bridgehead atoms. The van der Waals surface area contributed by atoms with Crippen LogP contribution in [0.3, 0.4) is 0 Å². The maximum absolute atomic E-state index is 12.3. The number of nitrogens with two attached hydrogens (primary N) is 1. The van der Waals surface area contributed by atoms with Gasteiger partial charge in [0, 0.05) is 13.1 Å². The Hall–Kier alpha value is -2.19. The molecule has 0 saturated carbocycles. The number of aromatic nitrogens is 1. The summed E-state index contributed by atoms with van der Waals surface area (Å²) < 4.78 is 27.4. The predicted molar refractivity (Wildman–Crippen MR) is 79.6 cm³/mol. The molecule has 0 aliphatic rings. The van der Waals surface area contributed by atoms with Crippen molar-refractivity contribution in [1.82, 2.24) is 10.1 Å². The summed E-state index contributed by atoms with van der Waals surface area (Å²) in [4.78, 5) is 13.8. The van der Waals surface area contributed by atoms with E-state index >= 15 is 0 Å². The zero-order chi connectivity index (χ0) is 16.5. The van der Waals surface area contributed by atoms with E-state index in [1.54, 1.807) is 32.2 Å². The van der Waals surface area contributed by atoms with E-state index in [9.17, 15) is 13.2 Å². The minimum atomic E-state index is -3.73. The molecule has 22 heavy (non-hydrogen) atoms. The van der Waals surface area contributed by atoms with Gasteiger partial charge in [0.15, 0.2) is 0 Å². The van der Waals surface area contributed by atoms with Crippen LogP contribution in [0.4, 0.5) is 0 Å². The highest BCUT2D eigenvalue weighted by atomic mass is 32.2. The average molecular weight is 323 g/mol. The molecule has 2 rings (SSSR count). The Balaban J connectivity index is 2.20. The number of primary sulfonamides is 1. The first kappa shape index (κ1) is 16.2. The van der Waals surface area contributed by atoms with E-state index in [1.807, 2.05) is 6.92 Å². The molecule has 2 N–H and O–H groups in total. The van der Waals surface area contributed by atoms with Gasteiger partial charge in [0.05, 0.1) is 16.6 Å². The molecule has 7 nitrogen and oxygen atoms in total. The number of sulfonamides is 1. The topological polar surface area (TPSA) is 106 Å². The fraction of sp³-hybridized carbons (Fsp3) is 0.286. The van der Waals surface area contributed by atoms with Gasteiger partial charge in [-0.1, -0.05) is 17.3 Å². The van der Waals surface area contributed by atoms with Gasteiger partial charge in [-0.3, -0.25) is 4.79 Å². The normalized spacial score (nSPS) is 12.9. The van der Waals surface area contributed by atoms with E-state index in [0.29, 0.717) is 5.69 Å². The molecule has 0 fully saturated rings. The van der Waals surface area contributed by atoms with Gasteiger partial charge >= 0.3 is 0 Å². The quantitative estimate of drug-likeness (QED) is 0.916. The number of hydrogen-bond donors (Lipinski definition) is 1.